The van der Waals surface area contributed by atoms with E-state index >= 15 is 0 Å². The Bertz CT molecular complexity index is 700. The number of aliphatic carboxylic acids is 1. The summed E-state index contributed by atoms with van der Waals surface area (Å²) in [6.45, 7) is 1.80. The van der Waals surface area contributed by atoms with Crippen molar-refractivity contribution in [2.45, 2.75) is 19.3 Å². The average molecular weight is 410 g/mol. The molecule has 0 bridgehead atoms. The minimum absolute atomic E-state index is 0. The quantitative estimate of drug-likeness (QED) is 0.520. The molecule has 0 aromatic heterocycles. The first kappa shape index (κ1) is 23.0. The molecule has 2 aromatic carbocycles. The second kappa shape index (κ2) is 13.2. The summed E-state index contributed by atoms with van der Waals surface area (Å²) in [7, 11) is 0. The van der Waals surface area contributed by atoms with Crippen molar-refractivity contribution in [3.8, 4) is 5.75 Å². The van der Waals surface area contributed by atoms with E-state index in [1.54, 1.807) is 0 Å². The minimum Gasteiger partial charge on any atom is -0.494 e. The van der Waals surface area contributed by atoms with Gasteiger partial charge in [-0.15, -0.1) is 12.4 Å². The molecule has 0 atom stereocenters. The van der Waals surface area contributed by atoms with Gasteiger partial charge in [0.1, 0.15) is 5.75 Å². The van der Waals surface area contributed by atoms with Crippen molar-refractivity contribution in [3.63, 3.8) is 0 Å². The second-order valence-corrected chi connectivity index (χ2v) is 6.33. The molecule has 2 N–H and O–H groups in total. The monoisotopic (exact) mass is 409 g/mol. The van der Waals surface area contributed by atoms with Crippen LogP contribution in [-0.2, 0) is 11.2 Å². The number of nitrogens with one attached hydrogen (secondary N) is 1. The lowest BCUT2D eigenvalue weighted by molar-refractivity contribution is -0.136. The van der Waals surface area contributed by atoms with Gasteiger partial charge in [0, 0.05) is 18.1 Å². The van der Waals surface area contributed by atoms with Crippen LogP contribution in [0.25, 0.3) is 6.08 Å². The molecule has 27 heavy (non-hydrogen) atoms. The molecule has 0 heterocycles. The summed E-state index contributed by atoms with van der Waals surface area (Å²) in [5.41, 5.74) is 2.34. The van der Waals surface area contributed by atoms with Crippen LogP contribution in [0.4, 0.5) is 0 Å². The lowest BCUT2D eigenvalue weighted by Crippen LogP contribution is -2.17. The highest BCUT2D eigenvalue weighted by Gasteiger charge is 1.97. The molecule has 0 radical (unpaired) electrons. The molecule has 0 unspecified atom stereocenters. The molecule has 0 spiro atoms. The fourth-order valence-electron chi connectivity index (χ4n) is 2.37. The Morgan fingerprint density at radius 2 is 1.81 bits per heavy atom. The fraction of sp³-hybridized carbons (Fsp3) is 0.286. The highest BCUT2D eigenvalue weighted by molar-refractivity contribution is 6.30. The van der Waals surface area contributed by atoms with E-state index in [2.05, 4.69) is 5.32 Å². The molecule has 146 valence electrons. The SMILES string of the molecule is Cl.O=C(O)CCNC/C=C/c1ccc(OCCCc2ccc(Cl)cc2)cc1. The van der Waals surface area contributed by atoms with E-state index in [1.807, 2.05) is 60.7 Å². The summed E-state index contributed by atoms with van der Waals surface area (Å²) in [4.78, 5) is 10.4. The molecule has 2 rings (SSSR count). The zero-order valence-corrected chi connectivity index (χ0v) is 16.6. The topological polar surface area (TPSA) is 58.6 Å². The number of halogens is 2. The Morgan fingerprint density at radius 1 is 1.11 bits per heavy atom. The van der Waals surface area contributed by atoms with E-state index in [9.17, 15) is 4.79 Å². The van der Waals surface area contributed by atoms with E-state index in [-0.39, 0.29) is 18.8 Å². The van der Waals surface area contributed by atoms with Crippen molar-refractivity contribution >= 4 is 36.1 Å². The lowest BCUT2D eigenvalue weighted by Gasteiger charge is -2.07. The summed E-state index contributed by atoms with van der Waals surface area (Å²) in [5.74, 6) is 0.0723. The van der Waals surface area contributed by atoms with Gasteiger partial charge in [-0.3, -0.25) is 4.79 Å². The molecule has 4 nitrogen and oxygen atoms in total. The fourth-order valence-corrected chi connectivity index (χ4v) is 2.49. The largest absolute Gasteiger partial charge is 0.494 e. The number of rotatable bonds is 11. The maximum absolute atomic E-state index is 10.4. The number of aryl methyl sites for hydroxylation is 1. The number of carboxylic acid groups (broad SMARTS) is 1. The molecule has 0 aliphatic heterocycles. The van der Waals surface area contributed by atoms with E-state index < -0.39 is 5.97 Å². The first-order chi connectivity index (χ1) is 12.6. The predicted molar refractivity (Wildman–Crippen MR) is 113 cm³/mol. The van der Waals surface area contributed by atoms with Crippen LogP contribution in [0.1, 0.15) is 24.0 Å². The minimum atomic E-state index is -0.787. The second-order valence-electron chi connectivity index (χ2n) is 5.90. The van der Waals surface area contributed by atoms with Crippen LogP contribution in [-0.4, -0.2) is 30.8 Å². The average Bonchev–Trinajstić information content (AvgIpc) is 2.64. The summed E-state index contributed by atoms with van der Waals surface area (Å²) < 4.78 is 5.77. The molecule has 0 aliphatic rings. The normalized spacial score (nSPS) is 10.6. The Labute approximate surface area is 171 Å². The van der Waals surface area contributed by atoms with Crippen molar-refractivity contribution in [3.05, 3.63) is 70.8 Å². The Kier molecular flexibility index (Phi) is 11.3. The third-order valence-electron chi connectivity index (χ3n) is 3.76. The van der Waals surface area contributed by atoms with Crippen LogP contribution in [0.15, 0.2) is 54.6 Å². The number of benzene rings is 2. The summed E-state index contributed by atoms with van der Waals surface area (Å²) in [6.07, 6.45) is 6.03. The van der Waals surface area contributed by atoms with Gasteiger partial charge in [-0.1, -0.05) is 48.0 Å². The predicted octanol–water partition coefficient (Wildman–Crippen LogP) is 4.85. The number of ether oxygens (including phenoxy) is 1. The van der Waals surface area contributed by atoms with Crippen molar-refractivity contribution in [1.82, 2.24) is 5.32 Å². The molecule has 6 heteroatoms. The number of carbonyl (C=O) groups is 1. The summed E-state index contributed by atoms with van der Waals surface area (Å²) in [5, 5.41) is 12.4. The van der Waals surface area contributed by atoms with E-state index in [0.717, 1.165) is 29.2 Å². The first-order valence-corrected chi connectivity index (χ1v) is 9.07. The summed E-state index contributed by atoms with van der Waals surface area (Å²) >= 11 is 5.88. The lowest BCUT2D eigenvalue weighted by atomic mass is 10.1. The highest BCUT2D eigenvalue weighted by Crippen LogP contribution is 2.14. The molecule has 0 saturated carbocycles. The van der Waals surface area contributed by atoms with Gasteiger partial charge in [0.2, 0.25) is 0 Å². The van der Waals surface area contributed by atoms with Gasteiger partial charge in [-0.25, -0.2) is 0 Å². The molecule has 0 amide bonds. The molecular weight excluding hydrogens is 385 g/mol. The zero-order chi connectivity index (χ0) is 18.6. The molecular formula is C21H25Cl2NO3. The van der Waals surface area contributed by atoms with Crippen LogP contribution in [0.3, 0.4) is 0 Å². The molecule has 0 saturated heterocycles. The van der Waals surface area contributed by atoms with Crippen molar-refractivity contribution in [2.24, 2.45) is 0 Å². The number of carboxylic acids is 1. The van der Waals surface area contributed by atoms with Gasteiger partial charge in [0.05, 0.1) is 13.0 Å². The van der Waals surface area contributed by atoms with Crippen LogP contribution >= 0.6 is 24.0 Å². The third-order valence-corrected chi connectivity index (χ3v) is 4.01. The number of hydrogen-bond donors (Lipinski definition) is 2. The van der Waals surface area contributed by atoms with Gasteiger partial charge in [0.15, 0.2) is 0 Å². The zero-order valence-electron chi connectivity index (χ0n) is 15.1. The van der Waals surface area contributed by atoms with Gasteiger partial charge in [-0.05, 0) is 48.2 Å². The molecule has 0 aliphatic carbocycles. The molecule has 2 aromatic rings. The van der Waals surface area contributed by atoms with Crippen molar-refractivity contribution in [1.29, 1.82) is 0 Å². The van der Waals surface area contributed by atoms with E-state index in [1.165, 1.54) is 5.56 Å². The standard InChI is InChI=1S/C21H24ClNO3.ClH/c22-19-9-5-18(6-10-19)4-2-16-26-20-11-7-17(8-12-20)3-1-14-23-15-13-21(24)25;/h1,3,5-12,23H,2,4,13-16H2,(H,24,25);1H/b3-1+;. The summed E-state index contributed by atoms with van der Waals surface area (Å²) in [6, 6.07) is 15.8. The molecule has 0 fully saturated rings. The maximum atomic E-state index is 10.4. The van der Waals surface area contributed by atoms with Crippen molar-refractivity contribution in [2.75, 3.05) is 19.7 Å². The number of hydrogen-bond acceptors (Lipinski definition) is 3. The van der Waals surface area contributed by atoms with E-state index in [0.29, 0.717) is 19.7 Å². The first-order valence-electron chi connectivity index (χ1n) is 8.70. The van der Waals surface area contributed by atoms with Gasteiger partial charge in [0.25, 0.3) is 0 Å². The van der Waals surface area contributed by atoms with Gasteiger partial charge >= 0.3 is 5.97 Å². The van der Waals surface area contributed by atoms with Crippen LogP contribution < -0.4 is 10.1 Å². The van der Waals surface area contributed by atoms with Crippen LogP contribution in [0.2, 0.25) is 5.02 Å². The Morgan fingerprint density at radius 3 is 2.48 bits per heavy atom. The van der Waals surface area contributed by atoms with E-state index in [4.69, 9.17) is 21.4 Å². The van der Waals surface area contributed by atoms with Crippen LogP contribution in [0, 0.1) is 0 Å². The maximum Gasteiger partial charge on any atom is 0.304 e. The van der Waals surface area contributed by atoms with Crippen molar-refractivity contribution < 1.29 is 14.6 Å². The Hall–Kier alpha value is -2.01. The van der Waals surface area contributed by atoms with Gasteiger partial charge in [-0.2, -0.15) is 0 Å². The van der Waals surface area contributed by atoms with Crippen LogP contribution in [0.5, 0.6) is 5.75 Å². The smallest absolute Gasteiger partial charge is 0.304 e. The third kappa shape index (κ3) is 10.0. The Balaban J connectivity index is 0.00000364. The van der Waals surface area contributed by atoms with Gasteiger partial charge < -0.3 is 15.2 Å². The highest BCUT2D eigenvalue weighted by atomic mass is 35.5.